The van der Waals surface area contributed by atoms with Gasteiger partial charge in [0.25, 0.3) is 0 Å². The molecule has 0 aliphatic heterocycles. The molecule has 4 nitrogen and oxygen atoms in total. The average Bonchev–Trinajstić information content (AvgIpc) is 2.89. The quantitative estimate of drug-likeness (QED) is 0.671. The van der Waals surface area contributed by atoms with Gasteiger partial charge in [0, 0.05) is 24.1 Å². The summed E-state index contributed by atoms with van der Waals surface area (Å²) in [5.74, 6) is 0.962. The lowest BCUT2D eigenvalue weighted by atomic mass is 10.1. The summed E-state index contributed by atoms with van der Waals surface area (Å²) >= 11 is 0. The first-order valence-corrected chi connectivity index (χ1v) is 5.63. The highest BCUT2D eigenvalue weighted by atomic mass is 15.3. The van der Waals surface area contributed by atoms with Crippen LogP contribution in [-0.2, 0) is 13.6 Å². The zero-order valence-electron chi connectivity index (χ0n) is 9.96. The molecule has 0 radical (unpaired) electrons. The van der Waals surface area contributed by atoms with Crippen molar-refractivity contribution in [2.24, 2.45) is 7.05 Å². The minimum Gasteiger partial charge on any atom is -0.340 e. The summed E-state index contributed by atoms with van der Waals surface area (Å²) in [5, 5.41) is 5.39. The van der Waals surface area contributed by atoms with Crippen LogP contribution < -0.4 is 0 Å². The third-order valence-electron chi connectivity index (χ3n) is 3.15. The summed E-state index contributed by atoms with van der Waals surface area (Å²) in [5.41, 5.74) is 2.55. The Bertz CT molecular complexity index is 663. The lowest BCUT2D eigenvalue weighted by molar-refractivity contribution is 0.664. The third kappa shape index (κ3) is 1.62. The highest BCUT2D eigenvalue weighted by Crippen LogP contribution is 2.20. The summed E-state index contributed by atoms with van der Waals surface area (Å²) in [7, 11) is 1.92. The molecule has 0 bridgehead atoms. The average molecular weight is 226 g/mol. The molecule has 0 amide bonds. The van der Waals surface area contributed by atoms with E-state index in [2.05, 4.69) is 52.0 Å². The van der Waals surface area contributed by atoms with E-state index in [4.69, 9.17) is 0 Å². The van der Waals surface area contributed by atoms with Gasteiger partial charge in [0.1, 0.15) is 12.2 Å². The van der Waals surface area contributed by atoms with Gasteiger partial charge in [-0.1, -0.05) is 12.1 Å². The zero-order chi connectivity index (χ0) is 11.8. The topological polar surface area (TPSA) is 35.6 Å². The second-order valence-electron chi connectivity index (χ2n) is 4.25. The number of hydrogen-bond acceptors (Lipinski definition) is 2. The van der Waals surface area contributed by atoms with Crippen LogP contribution in [0.3, 0.4) is 0 Å². The Morgan fingerprint density at radius 3 is 2.88 bits per heavy atom. The minimum atomic E-state index is 0.753. The summed E-state index contributed by atoms with van der Waals surface area (Å²) < 4.78 is 4.01. The summed E-state index contributed by atoms with van der Waals surface area (Å²) in [6.45, 7) is 2.89. The zero-order valence-corrected chi connectivity index (χ0v) is 9.96. The molecule has 2 heterocycles. The van der Waals surface area contributed by atoms with E-state index >= 15 is 0 Å². The van der Waals surface area contributed by atoms with Crippen molar-refractivity contribution in [1.82, 2.24) is 19.3 Å². The maximum atomic E-state index is 4.25. The predicted molar refractivity (Wildman–Crippen MR) is 66.8 cm³/mol. The van der Waals surface area contributed by atoms with Crippen molar-refractivity contribution in [3.63, 3.8) is 0 Å². The van der Waals surface area contributed by atoms with E-state index in [0.29, 0.717) is 0 Å². The Balaban J connectivity index is 2.07. The second-order valence-corrected chi connectivity index (χ2v) is 4.25. The lowest BCUT2D eigenvalue weighted by Crippen LogP contribution is -2.05. The Labute approximate surface area is 99.5 Å². The molecule has 1 aromatic carbocycles. The van der Waals surface area contributed by atoms with Crippen molar-refractivity contribution in [2.75, 3.05) is 0 Å². The van der Waals surface area contributed by atoms with E-state index in [9.17, 15) is 0 Å². The van der Waals surface area contributed by atoms with Gasteiger partial charge in [-0.2, -0.15) is 5.10 Å². The van der Waals surface area contributed by atoms with E-state index in [0.717, 1.165) is 12.4 Å². The molecule has 0 fully saturated rings. The van der Waals surface area contributed by atoms with Gasteiger partial charge in [0.2, 0.25) is 0 Å². The molecule has 0 aliphatic carbocycles. The highest BCUT2D eigenvalue weighted by Gasteiger charge is 2.06. The fourth-order valence-electron chi connectivity index (χ4n) is 2.13. The molecule has 0 spiro atoms. The van der Waals surface area contributed by atoms with Crippen LogP contribution in [0.1, 0.15) is 11.4 Å². The van der Waals surface area contributed by atoms with E-state index in [1.165, 1.54) is 16.5 Å². The molecule has 0 saturated carbocycles. The number of nitrogens with zero attached hydrogens (tertiary/aromatic N) is 4. The summed E-state index contributed by atoms with van der Waals surface area (Å²) in [6, 6.07) is 8.51. The van der Waals surface area contributed by atoms with Gasteiger partial charge in [-0.15, -0.1) is 0 Å². The van der Waals surface area contributed by atoms with Crippen LogP contribution in [0.4, 0.5) is 0 Å². The second kappa shape index (κ2) is 3.73. The van der Waals surface area contributed by atoms with Crippen molar-refractivity contribution in [1.29, 1.82) is 0 Å². The standard InChI is InChI=1S/C13H14N4/c1-10-4-3-5-12-11(10)6-7-17(12)8-13-14-9-15-16(13)2/h3-7,9H,8H2,1-2H3. The molecule has 17 heavy (non-hydrogen) atoms. The molecule has 0 atom stereocenters. The van der Waals surface area contributed by atoms with Crippen LogP contribution >= 0.6 is 0 Å². The molecule has 0 N–H and O–H groups in total. The lowest BCUT2D eigenvalue weighted by Gasteiger charge is -2.05. The number of hydrogen-bond donors (Lipinski definition) is 0. The first kappa shape index (κ1) is 10.1. The number of aromatic nitrogens is 4. The predicted octanol–water partition coefficient (Wildman–Crippen LogP) is 2.13. The normalized spacial score (nSPS) is 11.2. The van der Waals surface area contributed by atoms with Crippen LogP contribution in [0.25, 0.3) is 10.9 Å². The van der Waals surface area contributed by atoms with Crippen molar-refractivity contribution in [3.05, 3.63) is 48.2 Å². The molecule has 86 valence electrons. The van der Waals surface area contributed by atoms with Crippen LogP contribution in [0, 0.1) is 6.92 Å². The monoisotopic (exact) mass is 226 g/mol. The fourth-order valence-corrected chi connectivity index (χ4v) is 2.13. The first-order valence-electron chi connectivity index (χ1n) is 5.63. The van der Waals surface area contributed by atoms with Crippen LogP contribution in [-0.4, -0.2) is 19.3 Å². The van der Waals surface area contributed by atoms with E-state index < -0.39 is 0 Å². The van der Waals surface area contributed by atoms with Gasteiger partial charge in [0.05, 0.1) is 6.54 Å². The van der Waals surface area contributed by atoms with Crippen molar-refractivity contribution in [2.45, 2.75) is 13.5 Å². The largest absolute Gasteiger partial charge is 0.340 e. The summed E-state index contributed by atoms with van der Waals surface area (Å²) in [6.07, 6.45) is 3.69. The number of aryl methyl sites for hydroxylation is 2. The maximum absolute atomic E-state index is 4.25. The van der Waals surface area contributed by atoms with Gasteiger partial charge in [0.15, 0.2) is 0 Å². The molecule has 0 unspecified atom stereocenters. The van der Waals surface area contributed by atoms with Gasteiger partial charge in [-0.3, -0.25) is 4.68 Å². The van der Waals surface area contributed by atoms with Crippen molar-refractivity contribution < 1.29 is 0 Å². The SMILES string of the molecule is Cc1cccc2c1ccn2Cc1ncnn1C. The minimum absolute atomic E-state index is 0.753. The maximum Gasteiger partial charge on any atom is 0.146 e. The third-order valence-corrected chi connectivity index (χ3v) is 3.15. The fraction of sp³-hybridized carbons (Fsp3) is 0.231. The van der Waals surface area contributed by atoms with Crippen LogP contribution in [0.5, 0.6) is 0 Å². The van der Waals surface area contributed by atoms with Gasteiger partial charge in [-0.05, 0) is 24.6 Å². The summed E-state index contributed by atoms with van der Waals surface area (Å²) in [4.78, 5) is 4.25. The molecule has 3 rings (SSSR count). The molecular weight excluding hydrogens is 212 g/mol. The van der Waals surface area contributed by atoms with Crippen molar-refractivity contribution in [3.8, 4) is 0 Å². The smallest absolute Gasteiger partial charge is 0.146 e. The Hall–Kier alpha value is -2.10. The Morgan fingerprint density at radius 2 is 2.12 bits per heavy atom. The number of rotatable bonds is 2. The van der Waals surface area contributed by atoms with Crippen LogP contribution in [0.2, 0.25) is 0 Å². The Morgan fingerprint density at radius 1 is 1.24 bits per heavy atom. The number of fused-ring (bicyclic) bond motifs is 1. The van der Waals surface area contributed by atoms with E-state index in [1.807, 2.05) is 11.7 Å². The van der Waals surface area contributed by atoms with E-state index in [1.54, 1.807) is 6.33 Å². The van der Waals surface area contributed by atoms with Gasteiger partial charge in [-0.25, -0.2) is 4.98 Å². The molecular formula is C13H14N4. The number of benzene rings is 1. The first-order chi connectivity index (χ1) is 8.25. The molecule has 0 saturated heterocycles. The van der Waals surface area contributed by atoms with Crippen molar-refractivity contribution >= 4 is 10.9 Å². The van der Waals surface area contributed by atoms with Gasteiger partial charge < -0.3 is 4.57 Å². The highest BCUT2D eigenvalue weighted by molar-refractivity contribution is 5.83. The van der Waals surface area contributed by atoms with E-state index in [-0.39, 0.29) is 0 Å². The molecule has 4 heteroatoms. The molecule has 2 aromatic heterocycles. The van der Waals surface area contributed by atoms with Crippen LogP contribution in [0.15, 0.2) is 36.8 Å². The Kier molecular flexibility index (Phi) is 2.21. The molecule has 0 aliphatic rings. The molecule has 3 aromatic rings. The van der Waals surface area contributed by atoms with Gasteiger partial charge >= 0.3 is 0 Å².